The molecule has 0 spiro atoms. The zero-order chi connectivity index (χ0) is 25.0. The maximum absolute atomic E-state index is 13.8. The van der Waals surface area contributed by atoms with Crippen LogP contribution >= 0.6 is 0 Å². The van der Waals surface area contributed by atoms with Gasteiger partial charge in [0.15, 0.2) is 0 Å². The normalized spacial score (nSPS) is 11.7. The molecule has 0 saturated carbocycles. The lowest BCUT2D eigenvalue weighted by Gasteiger charge is -2.30. The molecule has 0 aliphatic carbocycles. The van der Waals surface area contributed by atoms with Crippen LogP contribution in [0.2, 0.25) is 0 Å². The Hall–Kier alpha value is -3.60. The van der Waals surface area contributed by atoms with Gasteiger partial charge in [0.05, 0.1) is 7.11 Å². The van der Waals surface area contributed by atoms with E-state index in [9.17, 15) is 9.59 Å². The number of benzene rings is 3. The van der Waals surface area contributed by atoms with E-state index in [2.05, 4.69) is 36.5 Å². The van der Waals surface area contributed by atoms with Crippen molar-refractivity contribution in [1.82, 2.24) is 10.2 Å². The maximum atomic E-state index is 13.8. The lowest BCUT2D eigenvalue weighted by atomic mass is 9.88. The van der Waals surface area contributed by atoms with Crippen LogP contribution < -0.4 is 10.1 Å². The smallest absolute Gasteiger partial charge is 0.242 e. The highest BCUT2D eigenvalue weighted by molar-refractivity contribution is 5.87. The fourth-order valence-corrected chi connectivity index (χ4v) is 4.18. The minimum atomic E-state index is -0.599. The lowest BCUT2D eigenvalue weighted by Crippen LogP contribution is -2.48. The van der Waals surface area contributed by atoms with Crippen LogP contribution in [0.5, 0.6) is 5.75 Å². The summed E-state index contributed by atoms with van der Waals surface area (Å²) in [7, 11) is 1.62. The Morgan fingerprint density at radius 1 is 0.914 bits per heavy atom. The van der Waals surface area contributed by atoms with Crippen molar-refractivity contribution in [3.8, 4) is 5.75 Å². The van der Waals surface area contributed by atoms with E-state index < -0.39 is 6.04 Å². The number of hydrogen-bond donors (Lipinski definition) is 1. The second-order valence-corrected chi connectivity index (χ2v) is 8.77. The molecule has 0 aliphatic rings. The molecule has 0 bridgehead atoms. The second-order valence-electron chi connectivity index (χ2n) is 8.77. The third-order valence-corrected chi connectivity index (χ3v) is 6.27. The van der Waals surface area contributed by atoms with Gasteiger partial charge in [-0.05, 0) is 42.2 Å². The molecule has 0 aliphatic heterocycles. The number of nitrogens with zero attached hydrogens (tertiary/aromatic N) is 1. The molecule has 0 saturated heterocycles. The number of hydrogen-bond acceptors (Lipinski definition) is 3. The number of amides is 2. The quantitative estimate of drug-likeness (QED) is 0.352. The molecule has 1 unspecified atom stereocenters. The molecular formula is C30H36N2O3. The largest absolute Gasteiger partial charge is 0.497 e. The predicted molar refractivity (Wildman–Crippen MR) is 140 cm³/mol. The Kier molecular flexibility index (Phi) is 9.91. The average Bonchev–Trinajstić information content (AvgIpc) is 2.91. The monoisotopic (exact) mass is 472 g/mol. The highest BCUT2D eigenvalue weighted by Gasteiger charge is 2.29. The Balaban J connectivity index is 1.89. The molecule has 35 heavy (non-hydrogen) atoms. The Morgan fingerprint density at radius 3 is 2.11 bits per heavy atom. The Morgan fingerprint density at radius 2 is 1.54 bits per heavy atom. The molecule has 1 atom stereocenters. The summed E-state index contributed by atoms with van der Waals surface area (Å²) in [6.07, 6.45) is 2.17. The zero-order valence-corrected chi connectivity index (χ0v) is 20.9. The van der Waals surface area contributed by atoms with Gasteiger partial charge in [0.2, 0.25) is 11.8 Å². The van der Waals surface area contributed by atoms with Gasteiger partial charge in [-0.15, -0.1) is 0 Å². The van der Waals surface area contributed by atoms with Crippen molar-refractivity contribution in [1.29, 1.82) is 0 Å². The number of nitrogens with one attached hydrogen (secondary N) is 1. The molecule has 184 valence electrons. The molecule has 5 heteroatoms. The first-order valence-corrected chi connectivity index (χ1v) is 12.3. The van der Waals surface area contributed by atoms with Crippen LogP contribution in [0.25, 0.3) is 0 Å². The molecule has 0 radical (unpaired) electrons. The summed E-state index contributed by atoms with van der Waals surface area (Å²) in [5.74, 6) is 0.420. The average molecular weight is 473 g/mol. The molecule has 3 aromatic carbocycles. The molecule has 3 aromatic rings. The summed E-state index contributed by atoms with van der Waals surface area (Å²) >= 11 is 0. The molecule has 0 aromatic heterocycles. The molecule has 1 N–H and O–H groups in total. The number of rotatable bonds is 12. The van der Waals surface area contributed by atoms with Gasteiger partial charge >= 0.3 is 0 Å². The van der Waals surface area contributed by atoms with Crippen molar-refractivity contribution in [3.05, 3.63) is 102 Å². The van der Waals surface area contributed by atoms with Crippen LogP contribution in [0, 0.1) is 0 Å². The van der Waals surface area contributed by atoms with Gasteiger partial charge in [-0.1, -0.05) is 86.1 Å². The minimum Gasteiger partial charge on any atom is -0.497 e. The predicted octanol–water partition coefficient (Wildman–Crippen LogP) is 5.55. The van der Waals surface area contributed by atoms with Gasteiger partial charge in [0.1, 0.15) is 11.8 Å². The van der Waals surface area contributed by atoms with Crippen LogP contribution in [0.3, 0.4) is 0 Å². The van der Waals surface area contributed by atoms with Crippen molar-refractivity contribution >= 4 is 11.8 Å². The van der Waals surface area contributed by atoms with Gasteiger partial charge in [-0.3, -0.25) is 9.59 Å². The number of carbonyl (C=O) groups is 2. The third kappa shape index (κ3) is 7.44. The van der Waals surface area contributed by atoms with Crippen molar-refractivity contribution < 1.29 is 14.3 Å². The molecule has 0 fully saturated rings. The van der Waals surface area contributed by atoms with Gasteiger partial charge in [-0.2, -0.15) is 0 Å². The Labute approximate surface area is 209 Å². The van der Waals surface area contributed by atoms with E-state index in [1.807, 2.05) is 60.7 Å². The van der Waals surface area contributed by atoms with Crippen LogP contribution in [-0.4, -0.2) is 36.4 Å². The summed E-state index contributed by atoms with van der Waals surface area (Å²) in [5.41, 5.74) is 3.07. The van der Waals surface area contributed by atoms with Crippen LogP contribution in [0.15, 0.2) is 84.9 Å². The first kappa shape index (κ1) is 26.0. The second kappa shape index (κ2) is 13.3. The molecule has 0 heterocycles. The number of unbranched alkanes of at least 4 members (excludes halogenated alkanes) is 1. The van der Waals surface area contributed by atoms with Crippen LogP contribution in [0.1, 0.15) is 55.7 Å². The fraction of sp³-hybridized carbons (Fsp3) is 0.333. The van der Waals surface area contributed by atoms with Crippen molar-refractivity contribution in [3.63, 3.8) is 0 Å². The maximum Gasteiger partial charge on any atom is 0.242 e. The third-order valence-electron chi connectivity index (χ3n) is 6.27. The topological polar surface area (TPSA) is 58.6 Å². The first-order chi connectivity index (χ1) is 17.0. The standard InChI is InChI=1S/C30H36N2O3/c1-4-5-19-31-30(34)23(2)32(22-24-13-12-18-27(20-24)35-3)29(33)21-28(25-14-8-6-9-15-25)26-16-10-7-11-17-26/h6-18,20,23,28H,4-5,19,21-22H2,1-3H3,(H,31,34). The summed E-state index contributed by atoms with van der Waals surface area (Å²) in [6.45, 7) is 4.83. The van der Waals surface area contributed by atoms with Gasteiger partial charge in [0, 0.05) is 25.4 Å². The number of ether oxygens (including phenoxy) is 1. The van der Waals surface area contributed by atoms with Gasteiger partial charge in [-0.25, -0.2) is 0 Å². The van der Waals surface area contributed by atoms with E-state index in [-0.39, 0.29) is 24.2 Å². The number of methoxy groups -OCH3 is 1. The van der Waals surface area contributed by atoms with Crippen molar-refractivity contribution in [2.45, 2.75) is 51.6 Å². The summed E-state index contributed by atoms with van der Waals surface area (Å²) in [6, 6.07) is 27.2. The summed E-state index contributed by atoms with van der Waals surface area (Å²) in [5, 5.41) is 2.99. The van der Waals surface area contributed by atoms with Crippen LogP contribution in [0.4, 0.5) is 0 Å². The highest BCUT2D eigenvalue weighted by atomic mass is 16.5. The van der Waals surface area contributed by atoms with E-state index in [4.69, 9.17) is 4.74 Å². The molecule has 5 nitrogen and oxygen atoms in total. The van der Waals surface area contributed by atoms with E-state index in [0.717, 1.165) is 35.3 Å². The summed E-state index contributed by atoms with van der Waals surface area (Å²) in [4.78, 5) is 28.5. The van der Waals surface area contributed by atoms with Crippen molar-refractivity contribution in [2.24, 2.45) is 0 Å². The number of carbonyl (C=O) groups excluding carboxylic acids is 2. The SMILES string of the molecule is CCCCNC(=O)C(C)N(Cc1cccc(OC)c1)C(=O)CC(c1ccccc1)c1ccccc1. The first-order valence-electron chi connectivity index (χ1n) is 12.3. The Bertz CT molecular complexity index is 1030. The van der Waals surface area contributed by atoms with Crippen LogP contribution in [-0.2, 0) is 16.1 Å². The summed E-state index contributed by atoms with van der Waals surface area (Å²) < 4.78 is 5.37. The lowest BCUT2D eigenvalue weighted by molar-refractivity contribution is -0.140. The van der Waals surface area contributed by atoms with E-state index >= 15 is 0 Å². The molecule has 3 rings (SSSR count). The minimum absolute atomic E-state index is 0.0660. The molecular weight excluding hydrogens is 436 g/mol. The van der Waals surface area contributed by atoms with E-state index in [1.165, 1.54) is 0 Å². The van der Waals surface area contributed by atoms with E-state index in [0.29, 0.717) is 13.1 Å². The molecule has 2 amide bonds. The highest BCUT2D eigenvalue weighted by Crippen LogP contribution is 2.29. The van der Waals surface area contributed by atoms with Gasteiger partial charge in [0.25, 0.3) is 0 Å². The van der Waals surface area contributed by atoms with Gasteiger partial charge < -0.3 is 15.0 Å². The van der Waals surface area contributed by atoms with E-state index in [1.54, 1.807) is 18.9 Å². The van der Waals surface area contributed by atoms with Crippen molar-refractivity contribution in [2.75, 3.05) is 13.7 Å². The zero-order valence-electron chi connectivity index (χ0n) is 20.9. The fourth-order valence-electron chi connectivity index (χ4n) is 4.18.